The number of nitrogens with two attached hydrogens (primary N) is 1. The second-order valence-corrected chi connectivity index (χ2v) is 5.03. The Bertz CT molecular complexity index is 485. The Morgan fingerprint density at radius 2 is 2.20 bits per heavy atom. The molecular formula is C14H20FN3O2. The van der Waals surface area contributed by atoms with Crippen molar-refractivity contribution in [2.45, 2.75) is 19.4 Å². The van der Waals surface area contributed by atoms with Crippen molar-refractivity contribution in [1.82, 2.24) is 4.90 Å². The second-order valence-electron chi connectivity index (χ2n) is 5.03. The van der Waals surface area contributed by atoms with E-state index >= 15 is 0 Å². The zero-order valence-electron chi connectivity index (χ0n) is 11.6. The number of hydrogen-bond acceptors (Lipinski definition) is 4. The third-order valence-corrected chi connectivity index (χ3v) is 3.78. The highest BCUT2D eigenvalue weighted by atomic mass is 19.1. The lowest BCUT2D eigenvalue weighted by molar-refractivity contribution is 0.196. The molecular weight excluding hydrogens is 261 g/mol. The molecule has 0 aliphatic carbocycles. The van der Waals surface area contributed by atoms with Crippen LogP contribution in [0.1, 0.15) is 18.4 Å². The molecule has 1 aromatic rings. The fraction of sp³-hybridized carbons (Fsp3) is 0.500. The van der Waals surface area contributed by atoms with Gasteiger partial charge in [0.1, 0.15) is 17.4 Å². The van der Waals surface area contributed by atoms with Gasteiger partial charge < -0.3 is 15.7 Å². The molecule has 5 nitrogen and oxygen atoms in total. The number of likely N-dealkylation sites (tertiary alicyclic amines) is 1. The van der Waals surface area contributed by atoms with Gasteiger partial charge in [-0.25, -0.2) is 4.39 Å². The fourth-order valence-electron chi connectivity index (χ4n) is 2.49. The number of methoxy groups -OCH3 is 1. The average Bonchev–Trinajstić information content (AvgIpc) is 2.49. The first-order valence-electron chi connectivity index (χ1n) is 6.66. The van der Waals surface area contributed by atoms with Crippen LogP contribution in [-0.4, -0.2) is 36.1 Å². The largest absolute Gasteiger partial charge is 0.497 e. The van der Waals surface area contributed by atoms with E-state index in [-0.39, 0.29) is 11.7 Å². The number of ether oxygens (including phenoxy) is 1. The van der Waals surface area contributed by atoms with Crippen LogP contribution in [-0.2, 0) is 6.54 Å². The number of amidine groups is 1. The molecule has 0 amide bonds. The molecule has 6 heteroatoms. The minimum Gasteiger partial charge on any atom is -0.497 e. The normalized spacial score (nSPS) is 18.2. The van der Waals surface area contributed by atoms with E-state index in [1.54, 1.807) is 12.1 Å². The highest BCUT2D eigenvalue weighted by Crippen LogP contribution is 2.22. The third-order valence-electron chi connectivity index (χ3n) is 3.78. The Labute approximate surface area is 117 Å². The van der Waals surface area contributed by atoms with Crippen molar-refractivity contribution >= 4 is 5.84 Å². The Morgan fingerprint density at radius 3 is 2.75 bits per heavy atom. The maximum atomic E-state index is 13.9. The van der Waals surface area contributed by atoms with Crippen molar-refractivity contribution < 1.29 is 14.3 Å². The van der Waals surface area contributed by atoms with Crippen molar-refractivity contribution in [3.05, 3.63) is 29.6 Å². The van der Waals surface area contributed by atoms with Crippen molar-refractivity contribution in [2.24, 2.45) is 16.8 Å². The molecule has 0 unspecified atom stereocenters. The van der Waals surface area contributed by atoms with E-state index in [0.29, 0.717) is 23.7 Å². The van der Waals surface area contributed by atoms with Crippen LogP contribution < -0.4 is 10.5 Å². The van der Waals surface area contributed by atoms with Gasteiger partial charge in [-0.1, -0.05) is 11.2 Å². The fourth-order valence-corrected chi connectivity index (χ4v) is 2.49. The van der Waals surface area contributed by atoms with Crippen LogP contribution in [0.4, 0.5) is 4.39 Å². The van der Waals surface area contributed by atoms with Gasteiger partial charge >= 0.3 is 0 Å². The highest BCUT2D eigenvalue weighted by molar-refractivity contribution is 5.82. The number of rotatable bonds is 4. The summed E-state index contributed by atoms with van der Waals surface area (Å²) in [5.41, 5.74) is 6.27. The maximum absolute atomic E-state index is 13.9. The number of oxime groups is 1. The second kappa shape index (κ2) is 6.56. The Morgan fingerprint density at radius 1 is 1.50 bits per heavy atom. The van der Waals surface area contributed by atoms with Crippen LogP contribution in [0.15, 0.2) is 23.4 Å². The SMILES string of the molecule is COc1ccc(CN2CCC(/C(N)=N/O)CC2)c(F)c1. The van der Waals surface area contributed by atoms with Crippen molar-refractivity contribution in [3.63, 3.8) is 0 Å². The molecule has 0 saturated carbocycles. The van der Waals surface area contributed by atoms with E-state index in [4.69, 9.17) is 15.7 Å². The van der Waals surface area contributed by atoms with Gasteiger partial charge in [0, 0.05) is 24.1 Å². The summed E-state index contributed by atoms with van der Waals surface area (Å²) in [5, 5.41) is 11.7. The minimum atomic E-state index is -0.247. The van der Waals surface area contributed by atoms with Gasteiger partial charge in [0.15, 0.2) is 0 Å². The zero-order chi connectivity index (χ0) is 14.5. The minimum absolute atomic E-state index is 0.122. The van der Waals surface area contributed by atoms with Crippen LogP contribution in [0, 0.1) is 11.7 Å². The molecule has 1 fully saturated rings. The Kier molecular flexibility index (Phi) is 4.79. The van der Waals surface area contributed by atoms with Crippen LogP contribution in [0.25, 0.3) is 0 Å². The number of hydrogen-bond donors (Lipinski definition) is 2. The number of benzene rings is 1. The molecule has 1 heterocycles. The maximum Gasteiger partial charge on any atom is 0.142 e. The number of piperidine rings is 1. The van der Waals surface area contributed by atoms with Gasteiger partial charge in [-0.15, -0.1) is 0 Å². The van der Waals surface area contributed by atoms with Crippen molar-refractivity contribution in [1.29, 1.82) is 0 Å². The molecule has 0 spiro atoms. The average molecular weight is 281 g/mol. The van der Waals surface area contributed by atoms with Crippen LogP contribution in [0.5, 0.6) is 5.75 Å². The van der Waals surface area contributed by atoms with Crippen molar-refractivity contribution in [2.75, 3.05) is 20.2 Å². The number of halogens is 1. The molecule has 20 heavy (non-hydrogen) atoms. The number of nitrogens with zero attached hydrogens (tertiary/aromatic N) is 2. The first-order valence-corrected chi connectivity index (χ1v) is 6.66. The summed E-state index contributed by atoms with van der Waals surface area (Å²) in [6.07, 6.45) is 1.65. The molecule has 0 radical (unpaired) electrons. The van der Waals surface area contributed by atoms with Gasteiger partial charge in [0.25, 0.3) is 0 Å². The molecule has 1 saturated heterocycles. The first kappa shape index (κ1) is 14.6. The Hall–Kier alpha value is -1.82. The van der Waals surface area contributed by atoms with Gasteiger partial charge in [-0.3, -0.25) is 4.90 Å². The molecule has 0 bridgehead atoms. The molecule has 110 valence electrons. The van der Waals surface area contributed by atoms with Crippen LogP contribution >= 0.6 is 0 Å². The van der Waals surface area contributed by atoms with Gasteiger partial charge in [-0.05, 0) is 32.0 Å². The lowest BCUT2D eigenvalue weighted by Crippen LogP contribution is -2.38. The van der Waals surface area contributed by atoms with Crippen molar-refractivity contribution in [3.8, 4) is 5.75 Å². The topological polar surface area (TPSA) is 71.1 Å². The molecule has 1 aliphatic rings. The smallest absolute Gasteiger partial charge is 0.142 e. The highest BCUT2D eigenvalue weighted by Gasteiger charge is 2.22. The van der Waals surface area contributed by atoms with Crippen LogP contribution in [0.2, 0.25) is 0 Å². The quantitative estimate of drug-likeness (QED) is 0.382. The van der Waals surface area contributed by atoms with E-state index in [1.165, 1.54) is 13.2 Å². The third kappa shape index (κ3) is 3.39. The van der Waals surface area contributed by atoms with Gasteiger partial charge in [0.05, 0.1) is 7.11 Å². The van der Waals surface area contributed by atoms with E-state index in [2.05, 4.69) is 10.1 Å². The summed E-state index contributed by atoms with van der Waals surface area (Å²) in [4.78, 5) is 2.17. The molecule has 0 atom stereocenters. The van der Waals surface area contributed by atoms with E-state index in [0.717, 1.165) is 25.9 Å². The first-order chi connectivity index (χ1) is 9.63. The predicted molar refractivity (Wildman–Crippen MR) is 74.4 cm³/mol. The summed E-state index contributed by atoms with van der Waals surface area (Å²) in [6.45, 7) is 2.19. The summed E-state index contributed by atoms with van der Waals surface area (Å²) < 4.78 is 18.9. The molecule has 2 rings (SSSR count). The summed E-state index contributed by atoms with van der Waals surface area (Å²) >= 11 is 0. The molecule has 0 aromatic heterocycles. The predicted octanol–water partition coefficient (Wildman–Crippen LogP) is 1.79. The molecule has 3 N–H and O–H groups in total. The van der Waals surface area contributed by atoms with E-state index < -0.39 is 0 Å². The molecule has 1 aromatic carbocycles. The standard InChI is InChI=1S/C14H20FN3O2/c1-20-12-3-2-11(13(15)8-12)9-18-6-4-10(5-7-18)14(16)17-19/h2-3,8,10,19H,4-7,9H2,1H3,(H2,16,17). The summed E-state index contributed by atoms with van der Waals surface area (Å²) in [7, 11) is 1.52. The zero-order valence-corrected chi connectivity index (χ0v) is 11.6. The Balaban J connectivity index is 1.93. The lowest BCUT2D eigenvalue weighted by Gasteiger charge is -2.31. The monoisotopic (exact) mass is 281 g/mol. The van der Waals surface area contributed by atoms with Crippen LogP contribution in [0.3, 0.4) is 0 Å². The molecule has 1 aliphatic heterocycles. The van der Waals surface area contributed by atoms with Gasteiger partial charge in [0.2, 0.25) is 0 Å². The summed E-state index contributed by atoms with van der Waals surface area (Å²) in [6, 6.07) is 4.92. The lowest BCUT2D eigenvalue weighted by atomic mass is 9.95. The van der Waals surface area contributed by atoms with E-state index in [9.17, 15) is 4.39 Å². The van der Waals surface area contributed by atoms with E-state index in [1.807, 2.05) is 0 Å². The van der Waals surface area contributed by atoms with Gasteiger partial charge in [-0.2, -0.15) is 0 Å². The summed E-state index contributed by atoms with van der Waals surface area (Å²) in [5.74, 6) is 0.692.